The fourth-order valence-electron chi connectivity index (χ4n) is 4.25. The highest BCUT2D eigenvalue weighted by molar-refractivity contribution is 5.94. The van der Waals surface area contributed by atoms with Crippen molar-refractivity contribution < 1.29 is 18.9 Å². The lowest BCUT2D eigenvalue weighted by molar-refractivity contribution is -0.0365. The van der Waals surface area contributed by atoms with Crippen molar-refractivity contribution in [2.24, 2.45) is 0 Å². The van der Waals surface area contributed by atoms with E-state index in [1.54, 1.807) is 0 Å². The Morgan fingerprint density at radius 1 is 1.00 bits per heavy atom. The Kier molecular flexibility index (Phi) is 5.89. The second-order valence-electron chi connectivity index (χ2n) is 8.32. The van der Waals surface area contributed by atoms with Gasteiger partial charge in [-0.05, 0) is 62.9 Å². The molecule has 0 spiro atoms. The van der Waals surface area contributed by atoms with Gasteiger partial charge in [-0.1, -0.05) is 0 Å². The van der Waals surface area contributed by atoms with Gasteiger partial charge in [0.2, 0.25) is 0 Å². The first-order valence-corrected chi connectivity index (χ1v) is 11.1. The van der Waals surface area contributed by atoms with Gasteiger partial charge in [0.25, 0.3) is 0 Å². The van der Waals surface area contributed by atoms with Crippen LogP contribution in [0.4, 0.5) is 0 Å². The van der Waals surface area contributed by atoms with Crippen molar-refractivity contribution in [3.8, 4) is 17.0 Å². The third kappa shape index (κ3) is 4.31. The standard InChI is InChI=1S/C24H29N3O4/c1-16-15-28-9-10-29-17(2)18-11-19(14-25-13-18)24-21-12-20(31-16)6-7-22(21)27(26-24)23-5-3-4-8-30-23/h6-7,11-14,16-17,23H,3-5,8-10,15H2,1-2H3/t16-,17+,23?/m0/s1. The number of hydrogen-bond donors (Lipinski definition) is 0. The average molecular weight is 424 g/mol. The number of fused-ring (bicyclic) bond motifs is 4. The first-order chi connectivity index (χ1) is 15.2. The number of pyridine rings is 1. The van der Waals surface area contributed by atoms with Crippen molar-refractivity contribution in [1.82, 2.24) is 14.8 Å². The number of aromatic nitrogens is 3. The Balaban J connectivity index is 1.64. The molecule has 3 aromatic rings. The lowest BCUT2D eigenvalue weighted by Gasteiger charge is -2.23. The summed E-state index contributed by atoms with van der Waals surface area (Å²) in [6.45, 7) is 6.37. The molecule has 0 saturated carbocycles. The minimum absolute atomic E-state index is 0.0481. The molecule has 1 unspecified atom stereocenters. The summed E-state index contributed by atoms with van der Waals surface area (Å²) in [6.07, 6.45) is 6.73. The van der Waals surface area contributed by atoms with Gasteiger partial charge in [-0.15, -0.1) is 0 Å². The SMILES string of the molecule is C[C@H]1COCCO[C@H](C)c2cncc(c2)-c2nn(C3CCCCO3)c3ccc(cc23)O1. The third-order valence-electron chi connectivity index (χ3n) is 5.89. The van der Waals surface area contributed by atoms with Gasteiger partial charge in [0.1, 0.15) is 17.5 Å². The molecule has 5 rings (SSSR count). The minimum Gasteiger partial charge on any atom is -0.488 e. The van der Waals surface area contributed by atoms with Crippen molar-refractivity contribution in [2.45, 2.75) is 51.5 Å². The van der Waals surface area contributed by atoms with E-state index in [0.29, 0.717) is 19.8 Å². The summed E-state index contributed by atoms with van der Waals surface area (Å²) in [4.78, 5) is 4.48. The van der Waals surface area contributed by atoms with Crippen LogP contribution in [-0.4, -0.2) is 47.3 Å². The van der Waals surface area contributed by atoms with Crippen LogP contribution in [0.1, 0.15) is 51.0 Å². The molecule has 1 aromatic carbocycles. The van der Waals surface area contributed by atoms with E-state index in [2.05, 4.69) is 23.2 Å². The van der Waals surface area contributed by atoms with Gasteiger partial charge in [0.05, 0.1) is 31.4 Å². The maximum absolute atomic E-state index is 6.13. The summed E-state index contributed by atoms with van der Waals surface area (Å²) < 4.78 is 25.9. The van der Waals surface area contributed by atoms with E-state index in [1.807, 2.05) is 37.0 Å². The lowest BCUT2D eigenvalue weighted by atomic mass is 10.1. The number of ether oxygens (including phenoxy) is 4. The largest absolute Gasteiger partial charge is 0.488 e. The smallest absolute Gasteiger partial charge is 0.150 e. The molecule has 3 atom stereocenters. The van der Waals surface area contributed by atoms with Crippen LogP contribution in [0.15, 0.2) is 36.7 Å². The summed E-state index contributed by atoms with van der Waals surface area (Å²) in [5.74, 6) is 0.803. The highest BCUT2D eigenvalue weighted by Gasteiger charge is 2.23. The minimum atomic E-state index is -0.0829. The highest BCUT2D eigenvalue weighted by Crippen LogP contribution is 2.35. The average Bonchev–Trinajstić information content (AvgIpc) is 3.18. The molecule has 7 heteroatoms. The summed E-state index contributed by atoms with van der Waals surface area (Å²) >= 11 is 0. The number of benzene rings is 1. The van der Waals surface area contributed by atoms with Crippen LogP contribution in [0.3, 0.4) is 0 Å². The molecule has 1 saturated heterocycles. The van der Waals surface area contributed by atoms with Gasteiger partial charge in [-0.2, -0.15) is 5.10 Å². The highest BCUT2D eigenvalue weighted by atomic mass is 16.6. The van der Waals surface area contributed by atoms with E-state index in [1.165, 1.54) is 0 Å². The molecular weight excluding hydrogens is 394 g/mol. The monoisotopic (exact) mass is 423 g/mol. The quantitative estimate of drug-likeness (QED) is 0.567. The number of rotatable bonds is 1. The van der Waals surface area contributed by atoms with E-state index < -0.39 is 0 Å². The molecule has 0 aliphatic carbocycles. The Morgan fingerprint density at radius 2 is 1.94 bits per heavy atom. The van der Waals surface area contributed by atoms with Crippen LogP contribution in [0, 0.1) is 0 Å². The third-order valence-corrected chi connectivity index (χ3v) is 5.89. The van der Waals surface area contributed by atoms with Gasteiger partial charge in [0.15, 0.2) is 6.23 Å². The van der Waals surface area contributed by atoms with Crippen LogP contribution >= 0.6 is 0 Å². The fourth-order valence-corrected chi connectivity index (χ4v) is 4.25. The number of nitrogens with zero attached hydrogens (tertiary/aromatic N) is 3. The van der Waals surface area contributed by atoms with Gasteiger partial charge >= 0.3 is 0 Å². The molecule has 7 nitrogen and oxygen atoms in total. The lowest BCUT2D eigenvalue weighted by Crippen LogP contribution is -2.21. The molecule has 2 aromatic heterocycles. The molecule has 31 heavy (non-hydrogen) atoms. The Bertz CT molecular complexity index is 1040. The second kappa shape index (κ2) is 8.94. The van der Waals surface area contributed by atoms with Gasteiger partial charge in [-0.25, -0.2) is 4.68 Å². The van der Waals surface area contributed by atoms with E-state index >= 15 is 0 Å². The first-order valence-electron chi connectivity index (χ1n) is 11.1. The molecular formula is C24H29N3O4. The zero-order chi connectivity index (χ0) is 21.2. The van der Waals surface area contributed by atoms with Crippen LogP contribution in [0.2, 0.25) is 0 Å². The summed E-state index contributed by atoms with van der Waals surface area (Å²) in [5.41, 5.74) is 3.90. The molecule has 164 valence electrons. The maximum Gasteiger partial charge on any atom is 0.150 e. The maximum atomic E-state index is 6.13. The van der Waals surface area contributed by atoms with Crippen molar-refractivity contribution in [2.75, 3.05) is 26.4 Å². The molecule has 2 aliphatic heterocycles. The second-order valence-corrected chi connectivity index (χ2v) is 8.32. The zero-order valence-corrected chi connectivity index (χ0v) is 18.1. The molecule has 0 radical (unpaired) electrons. The Hall–Kier alpha value is -2.48. The molecule has 0 amide bonds. The topological polar surface area (TPSA) is 67.6 Å². The predicted molar refractivity (Wildman–Crippen MR) is 117 cm³/mol. The van der Waals surface area contributed by atoms with E-state index in [-0.39, 0.29) is 18.4 Å². The van der Waals surface area contributed by atoms with E-state index in [0.717, 1.165) is 59.3 Å². The Morgan fingerprint density at radius 3 is 2.81 bits per heavy atom. The first kappa shape index (κ1) is 20.4. The molecule has 4 heterocycles. The predicted octanol–water partition coefficient (Wildman–Crippen LogP) is 4.67. The van der Waals surface area contributed by atoms with E-state index in [9.17, 15) is 0 Å². The molecule has 0 N–H and O–H groups in total. The van der Waals surface area contributed by atoms with Crippen LogP contribution in [0.25, 0.3) is 22.2 Å². The van der Waals surface area contributed by atoms with Crippen molar-refractivity contribution in [3.05, 3.63) is 42.2 Å². The van der Waals surface area contributed by atoms with Crippen LogP contribution in [0.5, 0.6) is 5.75 Å². The Labute approximate surface area is 182 Å². The zero-order valence-electron chi connectivity index (χ0n) is 18.1. The van der Waals surface area contributed by atoms with Gasteiger partial charge < -0.3 is 18.9 Å². The summed E-state index contributed by atoms with van der Waals surface area (Å²) in [6, 6.07) is 8.26. The van der Waals surface area contributed by atoms with E-state index in [4.69, 9.17) is 24.0 Å². The van der Waals surface area contributed by atoms with Crippen molar-refractivity contribution in [1.29, 1.82) is 0 Å². The molecule has 1 fully saturated rings. The molecule has 2 aliphatic rings. The number of hydrogen-bond acceptors (Lipinski definition) is 6. The van der Waals surface area contributed by atoms with Gasteiger partial charge in [-0.3, -0.25) is 4.98 Å². The van der Waals surface area contributed by atoms with Gasteiger partial charge in [0, 0.05) is 30.0 Å². The fraction of sp³-hybridized carbons (Fsp3) is 0.500. The normalized spacial score (nSPS) is 25.0. The summed E-state index contributed by atoms with van der Waals surface area (Å²) in [7, 11) is 0. The summed E-state index contributed by atoms with van der Waals surface area (Å²) in [5, 5.41) is 6.04. The van der Waals surface area contributed by atoms with Crippen molar-refractivity contribution in [3.63, 3.8) is 0 Å². The van der Waals surface area contributed by atoms with Crippen LogP contribution < -0.4 is 4.74 Å². The molecule has 4 bridgehead atoms. The van der Waals surface area contributed by atoms with Crippen molar-refractivity contribution >= 4 is 10.9 Å². The van der Waals surface area contributed by atoms with Crippen LogP contribution in [-0.2, 0) is 14.2 Å².